The van der Waals surface area contributed by atoms with Gasteiger partial charge in [0.25, 0.3) is 0 Å². The Labute approximate surface area is 79.3 Å². The summed E-state index contributed by atoms with van der Waals surface area (Å²) in [5.74, 6) is 0. The number of rotatable bonds is 5. The van der Waals surface area contributed by atoms with Crippen molar-refractivity contribution in [2.75, 3.05) is 13.2 Å². The van der Waals surface area contributed by atoms with Crippen LogP contribution >= 0.6 is 0 Å². The van der Waals surface area contributed by atoms with E-state index in [1.54, 1.807) is 0 Å². The van der Waals surface area contributed by atoms with Gasteiger partial charge in [-0.15, -0.1) is 0 Å². The Bertz CT molecular complexity index is 156. The second-order valence-corrected chi connectivity index (χ2v) is 3.20. The Balaban J connectivity index is 2.03. The van der Waals surface area contributed by atoms with E-state index in [1.165, 1.54) is 0 Å². The topological polar surface area (TPSA) is 38.7 Å². The molecule has 2 atom stereocenters. The van der Waals surface area contributed by atoms with Crippen LogP contribution in [0.5, 0.6) is 0 Å². The highest BCUT2D eigenvalue weighted by Gasteiger charge is 2.24. The minimum atomic E-state index is -0.105. The predicted octanol–water partition coefficient (Wildman–Crippen LogP) is 1.47. The Morgan fingerprint density at radius 1 is 1.54 bits per heavy atom. The molecule has 1 aliphatic heterocycles. The van der Waals surface area contributed by atoms with Crippen molar-refractivity contribution in [1.29, 1.82) is 0 Å². The lowest BCUT2D eigenvalue weighted by Crippen LogP contribution is -2.16. The summed E-state index contributed by atoms with van der Waals surface area (Å²) < 4.78 is 10.7. The molecule has 0 aromatic rings. The summed E-state index contributed by atoms with van der Waals surface area (Å²) in [4.78, 5) is 0. The molecule has 0 amide bonds. The van der Waals surface area contributed by atoms with Crippen molar-refractivity contribution in [2.45, 2.75) is 38.6 Å². The molecule has 0 aromatic heterocycles. The van der Waals surface area contributed by atoms with Crippen molar-refractivity contribution in [3.8, 4) is 0 Å². The van der Waals surface area contributed by atoms with Crippen molar-refractivity contribution >= 4 is 0 Å². The first-order valence-corrected chi connectivity index (χ1v) is 4.86. The van der Waals surface area contributed by atoms with Gasteiger partial charge in [-0.25, -0.2) is 0 Å². The number of hydrogen-bond acceptors (Lipinski definition) is 3. The van der Waals surface area contributed by atoms with Crippen molar-refractivity contribution in [1.82, 2.24) is 0 Å². The van der Waals surface area contributed by atoms with Gasteiger partial charge in [0, 0.05) is 0 Å². The maximum absolute atomic E-state index is 8.78. The number of aliphatic hydroxyl groups is 1. The highest BCUT2D eigenvalue weighted by Crippen LogP contribution is 2.16. The molecule has 1 N–H and O–H groups in total. The third-order valence-electron chi connectivity index (χ3n) is 2.06. The molecule has 2 unspecified atom stereocenters. The second-order valence-electron chi connectivity index (χ2n) is 3.20. The van der Waals surface area contributed by atoms with Crippen LogP contribution in [0.1, 0.15) is 26.2 Å². The van der Waals surface area contributed by atoms with Crippen LogP contribution in [0, 0.1) is 0 Å². The van der Waals surface area contributed by atoms with E-state index in [2.05, 4.69) is 6.08 Å². The van der Waals surface area contributed by atoms with E-state index in [0.717, 1.165) is 19.3 Å². The second kappa shape index (κ2) is 6.13. The largest absolute Gasteiger partial charge is 0.394 e. The molecule has 13 heavy (non-hydrogen) atoms. The van der Waals surface area contributed by atoms with Gasteiger partial charge in [0.05, 0.1) is 13.2 Å². The maximum Gasteiger partial charge on any atom is 0.158 e. The summed E-state index contributed by atoms with van der Waals surface area (Å²) in [6.45, 7) is 2.61. The van der Waals surface area contributed by atoms with Crippen LogP contribution in [-0.4, -0.2) is 30.7 Å². The molecule has 3 heteroatoms. The highest BCUT2D eigenvalue weighted by atomic mass is 16.7. The van der Waals surface area contributed by atoms with E-state index in [1.807, 2.05) is 13.0 Å². The standard InChI is InChI=1S/C10H18O3/c1-2-3-4-5-6-10-12-8-9(7-11)13-10/h2-3,9-11H,4-8H2,1H3. The molecule has 0 spiro atoms. The van der Waals surface area contributed by atoms with Crippen molar-refractivity contribution in [2.24, 2.45) is 0 Å². The lowest BCUT2D eigenvalue weighted by atomic mass is 10.2. The molecule has 0 saturated carbocycles. The van der Waals surface area contributed by atoms with Gasteiger partial charge in [-0.3, -0.25) is 0 Å². The molecule has 0 aliphatic carbocycles. The summed E-state index contributed by atoms with van der Waals surface area (Å²) in [7, 11) is 0. The first-order chi connectivity index (χ1) is 6.36. The van der Waals surface area contributed by atoms with E-state index in [9.17, 15) is 0 Å². The van der Waals surface area contributed by atoms with Gasteiger partial charge in [0.2, 0.25) is 0 Å². The summed E-state index contributed by atoms with van der Waals surface area (Å²) in [5.41, 5.74) is 0. The monoisotopic (exact) mass is 186 g/mol. The van der Waals surface area contributed by atoms with E-state index in [4.69, 9.17) is 14.6 Å². The number of aliphatic hydroxyl groups excluding tert-OH is 1. The number of ether oxygens (including phenoxy) is 2. The Kier molecular flexibility index (Phi) is 5.05. The maximum atomic E-state index is 8.78. The summed E-state index contributed by atoms with van der Waals surface area (Å²) in [6.07, 6.45) is 7.05. The lowest BCUT2D eigenvalue weighted by molar-refractivity contribution is -0.0697. The van der Waals surface area contributed by atoms with E-state index < -0.39 is 0 Å². The normalized spacial score (nSPS) is 28.8. The van der Waals surface area contributed by atoms with Gasteiger partial charge in [-0.2, -0.15) is 0 Å². The zero-order chi connectivity index (χ0) is 9.52. The lowest BCUT2D eigenvalue weighted by Gasteiger charge is -2.08. The third-order valence-corrected chi connectivity index (χ3v) is 2.06. The molecule has 1 saturated heterocycles. The van der Waals surface area contributed by atoms with Gasteiger partial charge in [-0.1, -0.05) is 12.2 Å². The van der Waals surface area contributed by atoms with E-state index in [0.29, 0.717) is 6.61 Å². The zero-order valence-corrected chi connectivity index (χ0v) is 8.11. The smallest absolute Gasteiger partial charge is 0.158 e. The Morgan fingerprint density at radius 2 is 2.38 bits per heavy atom. The Morgan fingerprint density at radius 3 is 3.00 bits per heavy atom. The molecule has 0 aromatic carbocycles. The SMILES string of the molecule is CC=CCCCC1OCC(CO)O1. The zero-order valence-electron chi connectivity index (χ0n) is 8.11. The van der Waals surface area contributed by atoms with Crippen molar-refractivity contribution in [3.63, 3.8) is 0 Å². The van der Waals surface area contributed by atoms with E-state index >= 15 is 0 Å². The van der Waals surface area contributed by atoms with Gasteiger partial charge in [-0.05, 0) is 26.2 Å². The van der Waals surface area contributed by atoms with Crippen LogP contribution in [0.2, 0.25) is 0 Å². The van der Waals surface area contributed by atoms with Crippen LogP contribution < -0.4 is 0 Å². The van der Waals surface area contributed by atoms with Gasteiger partial charge < -0.3 is 14.6 Å². The van der Waals surface area contributed by atoms with Crippen molar-refractivity contribution < 1.29 is 14.6 Å². The minimum absolute atomic E-state index is 0.0609. The quantitative estimate of drug-likeness (QED) is 0.522. The number of hydrogen-bond donors (Lipinski definition) is 1. The van der Waals surface area contributed by atoms with E-state index in [-0.39, 0.29) is 19.0 Å². The molecule has 1 heterocycles. The first-order valence-electron chi connectivity index (χ1n) is 4.86. The summed E-state index contributed by atoms with van der Waals surface area (Å²) in [6, 6.07) is 0. The molecule has 1 aliphatic rings. The van der Waals surface area contributed by atoms with Gasteiger partial charge in [0.1, 0.15) is 6.10 Å². The third kappa shape index (κ3) is 3.89. The Hall–Kier alpha value is -0.380. The molecular formula is C10H18O3. The molecular weight excluding hydrogens is 168 g/mol. The fraction of sp³-hybridized carbons (Fsp3) is 0.800. The van der Waals surface area contributed by atoms with Crippen LogP contribution in [0.15, 0.2) is 12.2 Å². The van der Waals surface area contributed by atoms with Crippen LogP contribution in [0.3, 0.4) is 0 Å². The predicted molar refractivity (Wildman–Crippen MR) is 50.4 cm³/mol. The van der Waals surface area contributed by atoms with Crippen LogP contribution in [-0.2, 0) is 9.47 Å². The number of unbranched alkanes of at least 4 members (excludes halogenated alkanes) is 1. The van der Waals surface area contributed by atoms with Crippen molar-refractivity contribution in [3.05, 3.63) is 12.2 Å². The van der Waals surface area contributed by atoms with Gasteiger partial charge in [0.15, 0.2) is 6.29 Å². The molecule has 0 bridgehead atoms. The fourth-order valence-corrected chi connectivity index (χ4v) is 1.32. The molecule has 0 radical (unpaired) electrons. The molecule has 1 fully saturated rings. The molecule has 76 valence electrons. The average Bonchev–Trinajstić information content (AvgIpc) is 2.60. The fourth-order valence-electron chi connectivity index (χ4n) is 1.32. The van der Waals surface area contributed by atoms with Crippen LogP contribution in [0.4, 0.5) is 0 Å². The number of allylic oxidation sites excluding steroid dienone is 2. The average molecular weight is 186 g/mol. The molecule has 1 rings (SSSR count). The summed E-state index contributed by atoms with van der Waals surface area (Å²) in [5, 5.41) is 8.78. The van der Waals surface area contributed by atoms with Crippen LogP contribution in [0.25, 0.3) is 0 Å². The van der Waals surface area contributed by atoms with Gasteiger partial charge >= 0.3 is 0 Å². The first kappa shape index (κ1) is 10.7. The molecule has 3 nitrogen and oxygen atoms in total. The minimum Gasteiger partial charge on any atom is -0.394 e. The highest BCUT2D eigenvalue weighted by molar-refractivity contribution is 4.76. The summed E-state index contributed by atoms with van der Waals surface area (Å²) >= 11 is 0.